The van der Waals surface area contributed by atoms with Gasteiger partial charge in [0.2, 0.25) is 0 Å². The van der Waals surface area contributed by atoms with Gasteiger partial charge in [-0.15, -0.1) is 0 Å². The number of nitrogens with one attached hydrogen (secondary N) is 1. The Kier molecular flexibility index (Phi) is 3.09. The van der Waals surface area contributed by atoms with Crippen LogP contribution in [0.5, 0.6) is 0 Å². The first kappa shape index (κ1) is 11.2. The van der Waals surface area contributed by atoms with Crippen LogP contribution in [-0.4, -0.2) is 15.8 Å². The molecule has 0 spiro atoms. The first-order valence-corrected chi connectivity index (χ1v) is 5.31. The van der Waals surface area contributed by atoms with Crippen molar-refractivity contribution < 1.29 is 4.79 Å². The lowest BCUT2D eigenvalue weighted by molar-refractivity contribution is 0.239. The Morgan fingerprint density at radius 2 is 2.12 bits per heavy atom. The number of carbonyl (C=O) groups excluding carboxylic acids is 1. The minimum absolute atomic E-state index is 0.320. The van der Waals surface area contributed by atoms with Gasteiger partial charge in [0, 0.05) is 12.6 Å². The summed E-state index contributed by atoms with van der Waals surface area (Å²) in [6.45, 7) is 2.25. The van der Waals surface area contributed by atoms with Gasteiger partial charge in [-0.1, -0.05) is 30.3 Å². The number of carbonyl (C=O) groups is 1. The molecule has 1 heterocycles. The zero-order valence-electron chi connectivity index (χ0n) is 9.55. The molecule has 2 rings (SSSR count). The van der Waals surface area contributed by atoms with Crippen LogP contribution in [-0.2, 0) is 6.54 Å². The van der Waals surface area contributed by atoms with Gasteiger partial charge in [-0.2, -0.15) is 9.78 Å². The van der Waals surface area contributed by atoms with Crippen molar-refractivity contribution in [3.05, 3.63) is 47.7 Å². The van der Waals surface area contributed by atoms with Crippen LogP contribution in [0.4, 0.5) is 10.6 Å². The van der Waals surface area contributed by atoms with E-state index in [0.29, 0.717) is 12.4 Å². The fourth-order valence-corrected chi connectivity index (χ4v) is 1.53. The van der Waals surface area contributed by atoms with Crippen molar-refractivity contribution in [3.8, 4) is 0 Å². The highest BCUT2D eigenvalue weighted by molar-refractivity contribution is 5.78. The van der Waals surface area contributed by atoms with Crippen molar-refractivity contribution in [2.45, 2.75) is 13.5 Å². The third kappa shape index (κ3) is 2.63. The molecule has 5 heteroatoms. The average Bonchev–Trinajstić information content (AvgIpc) is 2.67. The highest BCUT2D eigenvalue weighted by Gasteiger charge is 2.09. The van der Waals surface area contributed by atoms with Crippen LogP contribution >= 0.6 is 0 Å². The van der Waals surface area contributed by atoms with E-state index in [-0.39, 0.29) is 6.03 Å². The van der Waals surface area contributed by atoms with Gasteiger partial charge in [0.25, 0.3) is 0 Å². The highest BCUT2D eigenvalue weighted by Crippen LogP contribution is 2.04. The molecule has 3 N–H and O–H groups in total. The lowest BCUT2D eigenvalue weighted by Gasteiger charge is -2.05. The number of anilines is 1. The van der Waals surface area contributed by atoms with Gasteiger partial charge < -0.3 is 11.1 Å². The van der Waals surface area contributed by atoms with Crippen molar-refractivity contribution in [1.29, 1.82) is 0 Å². The van der Waals surface area contributed by atoms with E-state index in [0.717, 1.165) is 15.9 Å². The Labute approximate surface area is 99.2 Å². The molecule has 2 aromatic rings. The van der Waals surface area contributed by atoms with Gasteiger partial charge in [-0.3, -0.25) is 0 Å². The Hall–Kier alpha value is -2.30. The second-order valence-corrected chi connectivity index (χ2v) is 3.77. The first-order valence-electron chi connectivity index (χ1n) is 5.31. The molecule has 17 heavy (non-hydrogen) atoms. The Bertz CT molecular complexity index is 519. The number of amides is 1. The van der Waals surface area contributed by atoms with E-state index in [1.807, 2.05) is 30.3 Å². The number of nitrogens with zero attached hydrogens (tertiary/aromatic N) is 2. The highest BCUT2D eigenvalue weighted by atomic mass is 16.2. The lowest BCUT2D eigenvalue weighted by atomic mass is 10.2. The standard InChI is InChI=1S/C12H14N4O/c1-9-7-11(13)16(15-9)12(17)14-8-10-5-3-2-4-6-10/h2-7H,8,13H2,1H3,(H,14,17). The maximum Gasteiger partial charge on any atom is 0.344 e. The Balaban J connectivity index is 2.01. The number of benzene rings is 1. The third-order valence-electron chi connectivity index (χ3n) is 2.34. The number of hydrogen-bond acceptors (Lipinski definition) is 3. The first-order chi connectivity index (χ1) is 8.16. The molecule has 88 valence electrons. The summed E-state index contributed by atoms with van der Waals surface area (Å²) in [5.41, 5.74) is 7.40. The number of hydrogen-bond donors (Lipinski definition) is 2. The van der Waals surface area contributed by atoms with E-state index in [2.05, 4.69) is 10.4 Å². The van der Waals surface area contributed by atoms with Gasteiger partial charge in [0.05, 0.1) is 5.69 Å². The van der Waals surface area contributed by atoms with E-state index in [1.54, 1.807) is 13.0 Å². The topological polar surface area (TPSA) is 72.9 Å². The van der Waals surface area contributed by atoms with Gasteiger partial charge >= 0.3 is 6.03 Å². The zero-order valence-corrected chi connectivity index (χ0v) is 9.55. The van der Waals surface area contributed by atoms with Crippen LogP contribution in [0, 0.1) is 6.92 Å². The summed E-state index contributed by atoms with van der Waals surface area (Å²) in [7, 11) is 0. The fraction of sp³-hybridized carbons (Fsp3) is 0.167. The average molecular weight is 230 g/mol. The van der Waals surface area contributed by atoms with Crippen molar-refractivity contribution >= 4 is 11.8 Å². The summed E-state index contributed by atoms with van der Waals surface area (Å²) >= 11 is 0. The predicted octanol–water partition coefficient (Wildman–Crippen LogP) is 1.53. The third-order valence-corrected chi connectivity index (χ3v) is 2.34. The van der Waals surface area contributed by atoms with E-state index in [4.69, 9.17) is 5.73 Å². The Morgan fingerprint density at radius 1 is 1.41 bits per heavy atom. The molecule has 0 fully saturated rings. The Morgan fingerprint density at radius 3 is 2.71 bits per heavy atom. The van der Waals surface area contributed by atoms with Crippen molar-refractivity contribution in [2.24, 2.45) is 0 Å². The minimum atomic E-state index is -0.320. The van der Waals surface area contributed by atoms with Crippen molar-refractivity contribution in [1.82, 2.24) is 15.1 Å². The molecule has 1 aromatic heterocycles. The van der Waals surface area contributed by atoms with Crippen LogP contribution in [0.15, 0.2) is 36.4 Å². The van der Waals surface area contributed by atoms with Crippen LogP contribution in [0.2, 0.25) is 0 Å². The molecule has 0 aliphatic carbocycles. The molecule has 0 aliphatic heterocycles. The lowest BCUT2D eigenvalue weighted by Crippen LogP contribution is -2.29. The summed E-state index contributed by atoms with van der Waals surface area (Å²) in [4.78, 5) is 11.8. The fourth-order valence-electron chi connectivity index (χ4n) is 1.53. The molecule has 1 amide bonds. The summed E-state index contributed by atoms with van der Waals surface area (Å²) in [6.07, 6.45) is 0. The second kappa shape index (κ2) is 4.69. The number of nitrogen functional groups attached to an aromatic ring is 1. The van der Waals surface area contributed by atoms with E-state index < -0.39 is 0 Å². The predicted molar refractivity (Wildman–Crippen MR) is 65.5 cm³/mol. The summed E-state index contributed by atoms with van der Waals surface area (Å²) in [5.74, 6) is 0.341. The van der Waals surface area contributed by atoms with Crippen LogP contribution in [0.3, 0.4) is 0 Å². The number of nitrogens with two attached hydrogens (primary N) is 1. The van der Waals surface area contributed by atoms with Gasteiger partial charge in [-0.25, -0.2) is 4.79 Å². The molecule has 0 radical (unpaired) electrons. The monoisotopic (exact) mass is 230 g/mol. The van der Waals surface area contributed by atoms with E-state index in [1.165, 1.54) is 0 Å². The molecule has 5 nitrogen and oxygen atoms in total. The quantitative estimate of drug-likeness (QED) is 0.821. The molecule has 0 bridgehead atoms. The van der Waals surface area contributed by atoms with Crippen LogP contribution in [0.1, 0.15) is 11.3 Å². The molecule has 0 atom stereocenters. The molecule has 0 aliphatic rings. The maximum absolute atomic E-state index is 11.8. The van der Waals surface area contributed by atoms with E-state index in [9.17, 15) is 4.79 Å². The van der Waals surface area contributed by atoms with Crippen molar-refractivity contribution in [2.75, 3.05) is 5.73 Å². The summed E-state index contributed by atoms with van der Waals surface area (Å²) < 4.78 is 1.16. The van der Waals surface area contributed by atoms with Gasteiger partial charge in [0.15, 0.2) is 0 Å². The smallest absolute Gasteiger partial charge is 0.344 e. The molecule has 0 saturated heterocycles. The molecular weight excluding hydrogens is 216 g/mol. The van der Waals surface area contributed by atoms with Crippen molar-refractivity contribution in [3.63, 3.8) is 0 Å². The SMILES string of the molecule is Cc1cc(N)n(C(=O)NCc2ccccc2)n1. The van der Waals surface area contributed by atoms with Gasteiger partial charge in [0.1, 0.15) is 5.82 Å². The largest absolute Gasteiger partial charge is 0.383 e. The molecule has 0 unspecified atom stereocenters. The molecule has 1 aromatic carbocycles. The maximum atomic E-state index is 11.8. The van der Waals surface area contributed by atoms with Gasteiger partial charge in [-0.05, 0) is 12.5 Å². The zero-order chi connectivity index (χ0) is 12.3. The summed E-state index contributed by atoms with van der Waals surface area (Å²) in [5, 5.41) is 6.75. The second-order valence-electron chi connectivity index (χ2n) is 3.77. The normalized spacial score (nSPS) is 10.2. The summed E-state index contributed by atoms with van der Waals surface area (Å²) in [6, 6.07) is 11.0. The van der Waals surface area contributed by atoms with E-state index >= 15 is 0 Å². The molecular formula is C12H14N4O. The number of aryl methyl sites for hydroxylation is 1. The number of rotatable bonds is 2. The number of aromatic nitrogens is 2. The minimum Gasteiger partial charge on any atom is -0.383 e. The molecule has 0 saturated carbocycles. The van der Waals surface area contributed by atoms with Crippen LogP contribution < -0.4 is 11.1 Å². The van der Waals surface area contributed by atoms with Crippen LogP contribution in [0.25, 0.3) is 0 Å².